The number of thiocarbonyl (C=S) groups is 1. The molecular formula is C12H13N3S2. The standard InChI is InChI=1S/C12H13N3S2/c1-15(8-11-14-5-6-17-11)10-4-2-3-9(7-10)12(13)16/h2-7H,8H2,1H3,(H2,13,16). The van der Waals surface area contributed by atoms with E-state index in [1.807, 2.05) is 42.9 Å². The first-order valence-corrected chi connectivity index (χ1v) is 6.45. The zero-order chi connectivity index (χ0) is 12.3. The van der Waals surface area contributed by atoms with Gasteiger partial charge >= 0.3 is 0 Å². The molecule has 17 heavy (non-hydrogen) atoms. The highest BCUT2D eigenvalue weighted by molar-refractivity contribution is 7.80. The number of anilines is 1. The van der Waals surface area contributed by atoms with Crippen molar-refractivity contribution in [2.45, 2.75) is 6.54 Å². The molecule has 1 aromatic carbocycles. The van der Waals surface area contributed by atoms with Gasteiger partial charge in [-0.05, 0) is 12.1 Å². The summed E-state index contributed by atoms with van der Waals surface area (Å²) >= 11 is 6.63. The van der Waals surface area contributed by atoms with Crippen LogP contribution < -0.4 is 10.6 Å². The monoisotopic (exact) mass is 263 g/mol. The van der Waals surface area contributed by atoms with Gasteiger partial charge in [-0.25, -0.2) is 4.98 Å². The molecule has 88 valence electrons. The van der Waals surface area contributed by atoms with E-state index in [2.05, 4.69) is 9.88 Å². The second-order valence-electron chi connectivity index (χ2n) is 3.70. The molecule has 0 saturated heterocycles. The van der Waals surface area contributed by atoms with E-state index in [1.54, 1.807) is 11.3 Å². The summed E-state index contributed by atoms with van der Waals surface area (Å²) in [4.78, 5) is 6.82. The average molecular weight is 263 g/mol. The third kappa shape index (κ3) is 3.01. The number of nitrogens with zero attached hydrogens (tertiary/aromatic N) is 2. The third-order valence-electron chi connectivity index (χ3n) is 2.43. The fraction of sp³-hybridized carbons (Fsp3) is 0.167. The Morgan fingerprint density at radius 2 is 2.35 bits per heavy atom. The van der Waals surface area contributed by atoms with Crippen LogP contribution in [0.1, 0.15) is 10.6 Å². The summed E-state index contributed by atoms with van der Waals surface area (Å²) in [5, 5.41) is 3.07. The average Bonchev–Trinajstić information content (AvgIpc) is 2.82. The molecule has 1 aromatic heterocycles. The van der Waals surface area contributed by atoms with Gasteiger partial charge in [0.25, 0.3) is 0 Å². The first-order valence-electron chi connectivity index (χ1n) is 5.16. The molecule has 0 aliphatic heterocycles. The van der Waals surface area contributed by atoms with Crippen LogP contribution in [-0.2, 0) is 6.54 Å². The van der Waals surface area contributed by atoms with Crippen LogP contribution in [0.4, 0.5) is 5.69 Å². The molecule has 5 heteroatoms. The van der Waals surface area contributed by atoms with E-state index in [0.29, 0.717) is 4.99 Å². The Labute approximate surface area is 110 Å². The van der Waals surface area contributed by atoms with Crippen LogP contribution in [0.15, 0.2) is 35.8 Å². The molecule has 0 spiro atoms. The van der Waals surface area contributed by atoms with Gasteiger partial charge in [-0.2, -0.15) is 0 Å². The van der Waals surface area contributed by atoms with Gasteiger partial charge in [0.15, 0.2) is 0 Å². The SMILES string of the molecule is CN(Cc1nccs1)c1cccc(C(N)=S)c1. The molecule has 0 saturated carbocycles. The second-order valence-corrected chi connectivity index (χ2v) is 5.12. The first-order chi connectivity index (χ1) is 8.16. The lowest BCUT2D eigenvalue weighted by Gasteiger charge is -2.18. The zero-order valence-corrected chi connectivity index (χ0v) is 11.1. The van der Waals surface area contributed by atoms with E-state index in [0.717, 1.165) is 22.8 Å². The fourth-order valence-electron chi connectivity index (χ4n) is 1.52. The lowest BCUT2D eigenvalue weighted by molar-refractivity contribution is 0.910. The van der Waals surface area contributed by atoms with Crippen LogP contribution in [0.5, 0.6) is 0 Å². The molecule has 1 heterocycles. The quantitative estimate of drug-likeness (QED) is 0.860. The van der Waals surface area contributed by atoms with Crippen LogP contribution in [0.25, 0.3) is 0 Å². The van der Waals surface area contributed by atoms with Gasteiger partial charge in [0, 0.05) is 29.9 Å². The molecule has 0 aliphatic rings. The summed E-state index contributed by atoms with van der Waals surface area (Å²) in [6.07, 6.45) is 1.82. The maximum Gasteiger partial charge on any atom is 0.112 e. The normalized spacial score (nSPS) is 10.2. The van der Waals surface area contributed by atoms with Crippen molar-refractivity contribution in [1.29, 1.82) is 0 Å². The van der Waals surface area contributed by atoms with Gasteiger partial charge in [0.2, 0.25) is 0 Å². The summed E-state index contributed by atoms with van der Waals surface area (Å²) in [7, 11) is 2.03. The molecule has 0 amide bonds. The molecule has 0 unspecified atom stereocenters. The minimum Gasteiger partial charge on any atom is -0.389 e. The van der Waals surface area contributed by atoms with Gasteiger partial charge in [-0.1, -0.05) is 24.4 Å². The summed E-state index contributed by atoms with van der Waals surface area (Å²) in [5.74, 6) is 0. The predicted octanol–water partition coefficient (Wildman–Crippen LogP) is 2.41. The minimum absolute atomic E-state index is 0.425. The van der Waals surface area contributed by atoms with Crippen LogP contribution in [0.2, 0.25) is 0 Å². The van der Waals surface area contributed by atoms with Crippen LogP contribution >= 0.6 is 23.6 Å². The highest BCUT2D eigenvalue weighted by atomic mass is 32.1. The Hall–Kier alpha value is -1.46. The number of hydrogen-bond donors (Lipinski definition) is 1. The van der Waals surface area contributed by atoms with E-state index in [-0.39, 0.29) is 0 Å². The lowest BCUT2D eigenvalue weighted by atomic mass is 10.2. The maximum absolute atomic E-state index is 5.62. The van der Waals surface area contributed by atoms with E-state index in [9.17, 15) is 0 Å². The lowest BCUT2D eigenvalue weighted by Crippen LogP contribution is -2.17. The third-order valence-corrected chi connectivity index (χ3v) is 3.43. The fourth-order valence-corrected chi connectivity index (χ4v) is 2.32. The number of benzene rings is 1. The zero-order valence-electron chi connectivity index (χ0n) is 9.46. The Kier molecular flexibility index (Phi) is 3.71. The van der Waals surface area contributed by atoms with Crippen molar-refractivity contribution in [3.05, 3.63) is 46.4 Å². The van der Waals surface area contributed by atoms with Crippen molar-refractivity contribution in [2.75, 3.05) is 11.9 Å². The predicted molar refractivity (Wildman–Crippen MR) is 76.6 cm³/mol. The Balaban J connectivity index is 2.16. The summed E-state index contributed by atoms with van der Waals surface area (Å²) < 4.78 is 0. The number of aromatic nitrogens is 1. The van der Waals surface area contributed by atoms with E-state index in [1.165, 1.54) is 0 Å². The molecule has 0 bridgehead atoms. The Bertz CT molecular complexity index is 508. The molecule has 3 nitrogen and oxygen atoms in total. The largest absolute Gasteiger partial charge is 0.389 e. The molecule has 0 aliphatic carbocycles. The smallest absolute Gasteiger partial charge is 0.112 e. The molecule has 0 fully saturated rings. The summed E-state index contributed by atoms with van der Waals surface area (Å²) in [6, 6.07) is 7.91. The minimum atomic E-state index is 0.425. The van der Waals surface area contributed by atoms with Crippen molar-refractivity contribution in [1.82, 2.24) is 4.98 Å². The van der Waals surface area contributed by atoms with Crippen molar-refractivity contribution in [2.24, 2.45) is 5.73 Å². The summed E-state index contributed by atoms with van der Waals surface area (Å²) in [6.45, 7) is 0.790. The van der Waals surface area contributed by atoms with Crippen molar-refractivity contribution < 1.29 is 0 Å². The van der Waals surface area contributed by atoms with Gasteiger partial charge in [-0.3, -0.25) is 0 Å². The molecule has 2 rings (SSSR count). The number of rotatable bonds is 4. The number of hydrogen-bond acceptors (Lipinski definition) is 4. The highest BCUT2D eigenvalue weighted by Gasteiger charge is 2.05. The van der Waals surface area contributed by atoms with E-state index < -0.39 is 0 Å². The second kappa shape index (κ2) is 5.25. The highest BCUT2D eigenvalue weighted by Crippen LogP contribution is 2.18. The van der Waals surface area contributed by atoms with Gasteiger partial charge < -0.3 is 10.6 Å². The topological polar surface area (TPSA) is 42.2 Å². The van der Waals surface area contributed by atoms with E-state index >= 15 is 0 Å². The van der Waals surface area contributed by atoms with Crippen LogP contribution in [-0.4, -0.2) is 17.0 Å². The van der Waals surface area contributed by atoms with E-state index in [4.69, 9.17) is 18.0 Å². The Morgan fingerprint density at radius 1 is 1.53 bits per heavy atom. The number of nitrogens with two attached hydrogens (primary N) is 1. The summed E-state index contributed by atoms with van der Waals surface area (Å²) in [5.41, 5.74) is 7.60. The maximum atomic E-state index is 5.62. The van der Waals surface area contributed by atoms with Gasteiger partial charge in [0.1, 0.15) is 10.00 Å². The first kappa shape index (κ1) is 12.0. The molecule has 0 radical (unpaired) electrons. The van der Waals surface area contributed by atoms with Crippen LogP contribution in [0.3, 0.4) is 0 Å². The van der Waals surface area contributed by atoms with Crippen molar-refractivity contribution in [3.8, 4) is 0 Å². The number of thiazole rings is 1. The Morgan fingerprint density at radius 3 is 3.00 bits per heavy atom. The van der Waals surface area contributed by atoms with Crippen molar-refractivity contribution in [3.63, 3.8) is 0 Å². The molecule has 2 aromatic rings. The molecular weight excluding hydrogens is 250 g/mol. The van der Waals surface area contributed by atoms with Crippen molar-refractivity contribution >= 4 is 34.2 Å². The van der Waals surface area contributed by atoms with Crippen LogP contribution in [0, 0.1) is 0 Å². The molecule has 2 N–H and O–H groups in total. The van der Waals surface area contributed by atoms with Gasteiger partial charge in [-0.15, -0.1) is 11.3 Å². The van der Waals surface area contributed by atoms with Gasteiger partial charge in [0.05, 0.1) is 6.54 Å². The molecule has 0 atom stereocenters.